The van der Waals surface area contributed by atoms with Gasteiger partial charge in [0.15, 0.2) is 5.58 Å². The minimum absolute atomic E-state index is 0.100. The highest BCUT2D eigenvalue weighted by Crippen LogP contribution is 2.35. The predicted octanol–water partition coefficient (Wildman–Crippen LogP) is 5.38. The molecule has 2 heterocycles. The first-order valence-corrected chi connectivity index (χ1v) is 10.1. The largest absolute Gasteiger partial charge is 0.438 e. The molecule has 7 heteroatoms. The smallest absolute Gasteiger partial charge is 0.270 e. The number of fused-ring (bicyclic) bond motifs is 1. The summed E-state index contributed by atoms with van der Waals surface area (Å²) in [5.74, 6) is 0.245. The molecule has 1 fully saturated rings. The molecule has 1 aliphatic heterocycles. The van der Waals surface area contributed by atoms with E-state index in [9.17, 15) is 14.9 Å². The van der Waals surface area contributed by atoms with E-state index in [4.69, 9.17) is 4.42 Å². The Morgan fingerprint density at radius 1 is 1.03 bits per heavy atom. The van der Waals surface area contributed by atoms with Crippen LogP contribution in [-0.4, -0.2) is 27.3 Å². The number of nitro benzene ring substituents is 1. The highest BCUT2D eigenvalue weighted by Gasteiger charge is 2.34. The van der Waals surface area contributed by atoms with Crippen molar-refractivity contribution < 1.29 is 14.1 Å². The van der Waals surface area contributed by atoms with Crippen LogP contribution in [0.15, 0.2) is 77.2 Å². The number of nitro groups is 1. The van der Waals surface area contributed by atoms with Crippen LogP contribution in [0.2, 0.25) is 0 Å². The minimum atomic E-state index is -0.497. The van der Waals surface area contributed by atoms with E-state index in [0.29, 0.717) is 23.6 Å². The number of non-ortho nitro benzene ring substituents is 1. The van der Waals surface area contributed by atoms with Crippen molar-refractivity contribution in [3.8, 4) is 11.1 Å². The van der Waals surface area contributed by atoms with E-state index in [-0.39, 0.29) is 17.6 Å². The van der Waals surface area contributed by atoms with Gasteiger partial charge in [0, 0.05) is 24.2 Å². The molecule has 1 unspecified atom stereocenters. The van der Waals surface area contributed by atoms with Gasteiger partial charge in [0.1, 0.15) is 11.6 Å². The average molecular weight is 413 g/mol. The Bertz CT molecular complexity index is 1280. The van der Waals surface area contributed by atoms with Gasteiger partial charge in [-0.15, -0.1) is 0 Å². The van der Waals surface area contributed by atoms with Gasteiger partial charge < -0.3 is 9.32 Å². The first kappa shape index (κ1) is 19.0. The van der Waals surface area contributed by atoms with Crippen LogP contribution >= 0.6 is 0 Å². The Morgan fingerprint density at radius 3 is 2.68 bits per heavy atom. The lowest BCUT2D eigenvalue weighted by Gasteiger charge is -2.22. The van der Waals surface area contributed by atoms with E-state index in [0.717, 1.165) is 29.5 Å². The summed E-state index contributed by atoms with van der Waals surface area (Å²) >= 11 is 0. The fraction of sp³-hybridized carbons (Fsp3) is 0.167. The quantitative estimate of drug-likeness (QED) is 0.331. The summed E-state index contributed by atoms with van der Waals surface area (Å²) < 4.78 is 6.01. The lowest BCUT2D eigenvalue weighted by atomic mass is 10.1. The van der Waals surface area contributed by atoms with Crippen molar-refractivity contribution in [1.29, 1.82) is 0 Å². The lowest BCUT2D eigenvalue weighted by Crippen LogP contribution is -2.30. The van der Waals surface area contributed by atoms with Crippen molar-refractivity contribution in [2.75, 3.05) is 6.54 Å². The molecule has 31 heavy (non-hydrogen) atoms. The second-order valence-corrected chi connectivity index (χ2v) is 7.56. The van der Waals surface area contributed by atoms with E-state index in [1.807, 2.05) is 48.5 Å². The topological polar surface area (TPSA) is 89.5 Å². The van der Waals surface area contributed by atoms with Gasteiger partial charge in [-0.25, -0.2) is 4.98 Å². The third-order valence-corrected chi connectivity index (χ3v) is 5.61. The molecule has 0 aliphatic carbocycles. The van der Waals surface area contributed by atoms with Gasteiger partial charge in [-0.05, 0) is 42.2 Å². The molecular weight excluding hydrogens is 394 g/mol. The number of aromatic nitrogens is 1. The number of likely N-dealkylation sites (tertiary alicyclic amines) is 1. The highest BCUT2D eigenvalue weighted by molar-refractivity contribution is 5.95. The van der Waals surface area contributed by atoms with E-state index in [1.165, 1.54) is 18.2 Å². The molecule has 5 rings (SSSR count). The number of oxazole rings is 1. The molecule has 1 amide bonds. The molecule has 0 radical (unpaired) electrons. The Kier molecular flexibility index (Phi) is 4.71. The van der Waals surface area contributed by atoms with Crippen molar-refractivity contribution in [3.63, 3.8) is 0 Å². The molecular formula is C24H19N3O4. The Hall–Kier alpha value is -4.00. The number of hydrogen-bond donors (Lipinski definition) is 0. The zero-order chi connectivity index (χ0) is 21.4. The van der Waals surface area contributed by atoms with Crippen LogP contribution in [0.1, 0.15) is 35.1 Å². The predicted molar refractivity (Wildman–Crippen MR) is 116 cm³/mol. The van der Waals surface area contributed by atoms with Gasteiger partial charge in [0.2, 0.25) is 5.89 Å². The number of carbonyl (C=O) groups is 1. The fourth-order valence-corrected chi connectivity index (χ4v) is 4.08. The van der Waals surface area contributed by atoms with Crippen molar-refractivity contribution in [3.05, 3.63) is 94.4 Å². The number of hydrogen-bond acceptors (Lipinski definition) is 5. The standard InChI is InChI=1S/C24H19N3O4/c28-24(18-8-4-9-19(14-18)27(29)30)26-13-5-10-21(26)23-25-20-15-17(11-12-22(20)31-23)16-6-2-1-3-7-16/h1-4,6-9,11-12,14-15,21H,5,10,13H2. The van der Waals surface area contributed by atoms with Gasteiger partial charge in [-0.1, -0.05) is 42.5 Å². The highest BCUT2D eigenvalue weighted by atomic mass is 16.6. The Balaban J connectivity index is 1.45. The maximum atomic E-state index is 13.1. The summed E-state index contributed by atoms with van der Waals surface area (Å²) in [6, 6.07) is 21.4. The molecule has 1 atom stereocenters. The summed E-state index contributed by atoms with van der Waals surface area (Å²) in [6.07, 6.45) is 1.55. The van der Waals surface area contributed by atoms with Crippen molar-refractivity contribution in [2.45, 2.75) is 18.9 Å². The molecule has 0 N–H and O–H groups in total. The van der Waals surface area contributed by atoms with E-state index < -0.39 is 4.92 Å². The number of benzene rings is 3. The molecule has 0 saturated carbocycles. The van der Waals surface area contributed by atoms with E-state index >= 15 is 0 Å². The first-order chi connectivity index (χ1) is 15.1. The number of nitrogens with zero attached hydrogens (tertiary/aromatic N) is 3. The van der Waals surface area contributed by atoms with Gasteiger partial charge in [-0.3, -0.25) is 14.9 Å². The molecule has 7 nitrogen and oxygen atoms in total. The van der Waals surface area contributed by atoms with Gasteiger partial charge in [-0.2, -0.15) is 0 Å². The maximum absolute atomic E-state index is 13.1. The molecule has 3 aromatic carbocycles. The second kappa shape index (κ2) is 7.68. The summed E-state index contributed by atoms with van der Waals surface area (Å²) in [5.41, 5.74) is 3.75. The number of carbonyl (C=O) groups excluding carboxylic acids is 1. The van der Waals surface area contributed by atoms with Gasteiger partial charge in [0.25, 0.3) is 11.6 Å². The van der Waals surface area contributed by atoms with Crippen LogP contribution in [0, 0.1) is 10.1 Å². The number of amides is 1. The van der Waals surface area contributed by atoms with Crippen LogP contribution in [0.4, 0.5) is 5.69 Å². The summed E-state index contributed by atoms with van der Waals surface area (Å²) in [4.78, 5) is 30.0. The summed E-state index contributed by atoms with van der Waals surface area (Å²) in [7, 11) is 0. The lowest BCUT2D eigenvalue weighted by molar-refractivity contribution is -0.384. The number of rotatable bonds is 4. The third kappa shape index (κ3) is 3.54. The monoisotopic (exact) mass is 413 g/mol. The van der Waals surface area contributed by atoms with Crippen LogP contribution in [0.25, 0.3) is 22.2 Å². The molecule has 4 aromatic rings. The normalized spacial score (nSPS) is 16.0. The molecule has 154 valence electrons. The zero-order valence-corrected chi connectivity index (χ0v) is 16.6. The minimum Gasteiger partial charge on any atom is -0.438 e. The SMILES string of the molecule is O=C(c1cccc([N+](=O)[O-])c1)N1CCCC1c1nc2cc(-c3ccccc3)ccc2o1. The molecule has 1 saturated heterocycles. The molecule has 0 bridgehead atoms. The summed E-state index contributed by atoms with van der Waals surface area (Å²) in [5, 5.41) is 11.1. The van der Waals surface area contributed by atoms with E-state index in [1.54, 1.807) is 11.0 Å². The fourth-order valence-electron chi connectivity index (χ4n) is 4.08. The van der Waals surface area contributed by atoms with Crippen molar-refractivity contribution in [1.82, 2.24) is 9.88 Å². The van der Waals surface area contributed by atoms with Crippen LogP contribution in [0.3, 0.4) is 0 Å². The maximum Gasteiger partial charge on any atom is 0.270 e. The first-order valence-electron chi connectivity index (χ1n) is 10.1. The molecule has 1 aliphatic rings. The Morgan fingerprint density at radius 2 is 1.87 bits per heavy atom. The average Bonchev–Trinajstić information content (AvgIpc) is 3.45. The van der Waals surface area contributed by atoms with Gasteiger partial charge in [0.05, 0.1) is 4.92 Å². The molecule has 1 aromatic heterocycles. The zero-order valence-electron chi connectivity index (χ0n) is 16.6. The van der Waals surface area contributed by atoms with Crippen molar-refractivity contribution >= 4 is 22.7 Å². The van der Waals surface area contributed by atoms with Crippen LogP contribution in [0.5, 0.6) is 0 Å². The second-order valence-electron chi connectivity index (χ2n) is 7.56. The van der Waals surface area contributed by atoms with E-state index in [2.05, 4.69) is 4.98 Å². The van der Waals surface area contributed by atoms with Crippen LogP contribution < -0.4 is 0 Å². The summed E-state index contributed by atoms with van der Waals surface area (Å²) in [6.45, 7) is 0.556. The Labute approximate surface area is 178 Å². The van der Waals surface area contributed by atoms with Crippen LogP contribution in [-0.2, 0) is 0 Å². The molecule has 0 spiro atoms. The van der Waals surface area contributed by atoms with Gasteiger partial charge >= 0.3 is 0 Å². The van der Waals surface area contributed by atoms with Crippen molar-refractivity contribution in [2.24, 2.45) is 0 Å². The third-order valence-electron chi connectivity index (χ3n) is 5.61.